The number of pyridine rings is 1. The number of carbonyl (C=O) groups excluding carboxylic acids is 1. The van der Waals surface area contributed by atoms with Gasteiger partial charge >= 0.3 is 0 Å². The van der Waals surface area contributed by atoms with Gasteiger partial charge in [-0.15, -0.1) is 0 Å². The number of nitrogens with one attached hydrogen (secondary N) is 2. The Labute approximate surface area is 163 Å². The van der Waals surface area contributed by atoms with Gasteiger partial charge in [0, 0.05) is 29.1 Å². The highest BCUT2D eigenvalue weighted by molar-refractivity contribution is 6.31. The van der Waals surface area contributed by atoms with Crippen LogP contribution in [0.15, 0.2) is 60.8 Å². The van der Waals surface area contributed by atoms with Crippen molar-refractivity contribution in [3.63, 3.8) is 0 Å². The van der Waals surface area contributed by atoms with Crippen molar-refractivity contribution in [3.8, 4) is 5.75 Å². The fourth-order valence-corrected chi connectivity index (χ4v) is 2.72. The number of hydrogen-bond donors (Lipinski definition) is 2. The molecule has 2 aromatic carbocycles. The summed E-state index contributed by atoms with van der Waals surface area (Å²) in [6.07, 6.45) is 1.61. The highest BCUT2D eigenvalue weighted by atomic mass is 35.5. The van der Waals surface area contributed by atoms with E-state index < -0.39 is 0 Å². The van der Waals surface area contributed by atoms with Crippen LogP contribution in [0.5, 0.6) is 5.75 Å². The van der Waals surface area contributed by atoms with Crippen molar-refractivity contribution in [3.05, 3.63) is 82.6 Å². The number of methoxy groups -OCH3 is 1. The summed E-state index contributed by atoms with van der Waals surface area (Å²) in [7, 11) is 1.64. The van der Waals surface area contributed by atoms with Crippen LogP contribution in [0.25, 0.3) is 0 Å². The van der Waals surface area contributed by atoms with E-state index in [-0.39, 0.29) is 5.91 Å². The molecule has 0 aliphatic rings. The van der Waals surface area contributed by atoms with E-state index in [1.165, 1.54) is 0 Å². The Kier molecular flexibility index (Phi) is 5.94. The lowest BCUT2D eigenvalue weighted by molar-refractivity contribution is 0.102. The third-order valence-electron chi connectivity index (χ3n) is 4.16. The second-order valence-corrected chi connectivity index (χ2v) is 6.41. The third kappa shape index (κ3) is 4.77. The fraction of sp³-hybridized carbons (Fsp3) is 0.143. The summed E-state index contributed by atoms with van der Waals surface area (Å²) in [5.74, 6) is 0.534. The van der Waals surface area contributed by atoms with Crippen LogP contribution in [-0.4, -0.2) is 18.0 Å². The lowest BCUT2D eigenvalue weighted by atomic mass is 10.2. The van der Waals surface area contributed by atoms with Gasteiger partial charge in [-0.25, -0.2) is 0 Å². The predicted octanol–water partition coefficient (Wildman–Crippen LogP) is 4.92. The molecule has 27 heavy (non-hydrogen) atoms. The molecule has 1 aromatic heterocycles. The minimum atomic E-state index is -0.284. The van der Waals surface area contributed by atoms with Crippen molar-refractivity contribution in [2.75, 3.05) is 17.7 Å². The second kappa shape index (κ2) is 8.56. The first kappa shape index (κ1) is 18.7. The van der Waals surface area contributed by atoms with Crippen LogP contribution >= 0.6 is 11.6 Å². The highest BCUT2D eigenvalue weighted by Gasteiger charge is 2.11. The van der Waals surface area contributed by atoms with Crippen molar-refractivity contribution in [2.45, 2.75) is 13.5 Å². The summed E-state index contributed by atoms with van der Waals surface area (Å²) in [5, 5.41) is 6.76. The number of carbonyl (C=O) groups is 1. The van der Waals surface area contributed by atoms with E-state index in [1.54, 1.807) is 31.5 Å². The van der Waals surface area contributed by atoms with Gasteiger partial charge in [-0.05, 0) is 54.4 Å². The lowest BCUT2D eigenvalue weighted by Gasteiger charge is -2.11. The summed E-state index contributed by atoms with van der Waals surface area (Å²) in [4.78, 5) is 16.7. The molecule has 0 aliphatic carbocycles. The zero-order valence-electron chi connectivity index (χ0n) is 15.1. The summed E-state index contributed by atoms with van der Waals surface area (Å²) in [5.41, 5.74) is 3.74. The number of aromatic nitrogens is 1. The molecule has 2 N–H and O–H groups in total. The van der Waals surface area contributed by atoms with E-state index in [1.807, 2.05) is 43.3 Å². The molecule has 0 bridgehead atoms. The molecule has 0 fully saturated rings. The first-order chi connectivity index (χ1) is 13.1. The van der Waals surface area contributed by atoms with E-state index in [0.717, 1.165) is 22.6 Å². The maximum atomic E-state index is 12.5. The molecule has 0 spiro atoms. The number of ether oxygens (including phenoxy) is 1. The summed E-state index contributed by atoms with van der Waals surface area (Å²) in [6.45, 7) is 2.49. The van der Waals surface area contributed by atoms with Gasteiger partial charge in [-0.3, -0.25) is 9.78 Å². The Bertz CT molecular complexity index is 942. The molecular weight excluding hydrogens is 362 g/mol. The average molecular weight is 382 g/mol. The molecular formula is C21H20ClN3O2. The summed E-state index contributed by atoms with van der Waals surface area (Å²) in [6, 6.07) is 16.7. The SMILES string of the molecule is COc1ccc(CNc2ccnc(C(=O)Nc3cccc(Cl)c3C)c2)cc1. The maximum absolute atomic E-state index is 12.5. The Balaban J connectivity index is 1.67. The van der Waals surface area contributed by atoms with E-state index in [2.05, 4.69) is 15.6 Å². The van der Waals surface area contributed by atoms with Crippen LogP contribution in [0.3, 0.4) is 0 Å². The van der Waals surface area contributed by atoms with Crippen LogP contribution in [-0.2, 0) is 6.54 Å². The molecule has 6 heteroatoms. The molecule has 0 aliphatic heterocycles. The minimum Gasteiger partial charge on any atom is -0.497 e. The van der Waals surface area contributed by atoms with Gasteiger partial charge in [0.2, 0.25) is 0 Å². The van der Waals surface area contributed by atoms with Gasteiger partial charge in [-0.2, -0.15) is 0 Å². The quantitative estimate of drug-likeness (QED) is 0.636. The largest absolute Gasteiger partial charge is 0.497 e. The van der Waals surface area contributed by atoms with Crippen molar-refractivity contribution >= 4 is 28.9 Å². The van der Waals surface area contributed by atoms with Gasteiger partial charge in [0.15, 0.2) is 0 Å². The van der Waals surface area contributed by atoms with Gasteiger partial charge in [0.1, 0.15) is 11.4 Å². The number of anilines is 2. The third-order valence-corrected chi connectivity index (χ3v) is 4.57. The number of amides is 1. The summed E-state index contributed by atoms with van der Waals surface area (Å²) < 4.78 is 5.16. The van der Waals surface area contributed by atoms with Crippen molar-refractivity contribution in [1.29, 1.82) is 0 Å². The average Bonchev–Trinajstić information content (AvgIpc) is 2.70. The second-order valence-electron chi connectivity index (χ2n) is 6.00. The van der Waals surface area contributed by atoms with E-state index in [9.17, 15) is 4.79 Å². The Morgan fingerprint density at radius 3 is 2.67 bits per heavy atom. The smallest absolute Gasteiger partial charge is 0.274 e. The molecule has 1 amide bonds. The monoisotopic (exact) mass is 381 g/mol. The van der Waals surface area contributed by atoms with Crippen molar-refractivity contribution in [2.24, 2.45) is 0 Å². The van der Waals surface area contributed by atoms with Crippen LogP contribution in [0.2, 0.25) is 5.02 Å². The number of nitrogens with zero attached hydrogens (tertiary/aromatic N) is 1. The molecule has 138 valence electrons. The normalized spacial score (nSPS) is 10.3. The van der Waals surface area contributed by atoms with Crippen LogP contribution in [0.4, 0.5) is 11.4 Å². The first-order valence-electron chi connectivity index (χ1n) is 8.46. The molecule has 5 nitrogen and oxygen atoms in total. The minimum absolute atomic E-state index is 0.284. The molecule has 0 unspecified atom stereocenters. The summed E-state index contributed by atoms with van der Waals surface area (Å²) >= 11 is 6.10. The topological polar surface area (TPSA) is 63.2 Å². The van der Waals surface area contributed by atoms with E-state index in [0.29, 0.717) is 22.9 Å². The van der Waals surface area contributed by atoms with Gasteiger partial charge in [-0.1, -0.05) is 29.8 Å². The molecule has 1 heterocycles. The number of benzene rings is 2. The standard InChI is InChI=1S/C21H20ClN3O2/c1-14-18(22)4-3-5-19(14)25-21(26)20-12-16(10-11-23-20)24-13-15-6-8-17(27-2)9-7-15/h3-12H,13H2,1-2H3,(H,23,24)(H,25,26). The molecule has 3 aromatic rings. The number of hydrogen-bond acceptors (Lipinski definition) is 4. The predicted molar refractivity (Wildman–Crippen MR) is 109 cm³/mol. The maximum Gasteiger partial charge on any atom is 0.274 e. The fourth-order valence-electron chi connectivity index (χ4n) is 2.54. The lowest BCUT2D eigenvalue weighted by Crippen LogP contribution is -2.15. The molecule has 0 saturated carbocycles. The molecule has 0 atom stereocenters. The Morgan fingerprint density at radius 2 is 1.93 bits per heavy atom. The highest BCUT2D eigenvalue weighted by Crippen LogP contribution is 2.23. The van der Waals surface area contributed by atoms with Gasteiger partial charge in [0.05, 0.1) is 7.11 Å². The Morgan fingerprint density at radius 1 is 1.15 bits per heavy atom. The zero-order chi connectivity index (χ0) is 19.2. The van der Waals surface area contributed by atoms with Crippen LogP contribution in [0.1, 0.15) is 21.6 Å². The van der Waals surface area contributed by atoms with Gasteiger partial charge < -0.3 is 15.4 Å². The van der Waals surface area contributed by atoms with Crippen molar-refractivity contribution in [1.82, 2.24) is 4.98 Å². The van der Waals surface area contributed by atoms with E-state index in [4.69, 9.17) is 16.3 Å². The Hall–Kier alpha value is -3.05. The molecule has 3 rings (SSSR count). The van der Waals surface area contributed by atoms with Gasteiger partial charge in [0.25, 0.3) is 5.91 Å². The number of halogens is 1. The molecule has 0 saturated heterocycles. The first-order valence-corrected chi connectivity index (χ1v) is 8.84. The number of rotatable bonds is 6. The van der Waals surface area contributed by atoms with E-state index >= 15 is 0 Å². The van der Waals surface area contributed by atoms with Crippen molar-refractivity contribution < 1.29 is 9.53 Å². The molecule has 0 radical (unpaired) electrons. The van der Waals surface area contributed by atoms with Crippen LogP contribution in [0, 0.1) is 6.92 Å². The van der Waals surface area contributed by atoms with Crippen LogP contribution < -0.4 is 15.4 Å². The zero-order valence-corrected chi connectivity index (χ0v) is 15.9.